The van der Waals surface area contributed by atoms with E-state index in [2.05, 4.69) is 0 Å². The molecule has 2 saturated heterocycles. The summed E-state index contributed by atoms with van der Waals surface area (Å²) in [4.78, 5) is 37.2. The Bertz CT molecular complexity index is 654. The average Bonchev–Trinajstić information content (AvgIpc) is 2.84. The van der Waals surface area contributed by atoms with Gasteiger partial charge in [-0.05, 0) is 25.6 Å². The van der Waals surface area contributed by atoms with Crippen LogP contribution in [0.1, 0.15) is 23.2 Å². The van der Waals surface area contributed by atoms with E-state index in [0.29, 0.717) is 24.3 Å². The van der Waals surface area contributed by atoms with E-state index >= 15 is 0 Å². The maximum atomic E-state index is 12.7. The number of carbonyl (C=O) groups excluding carboxylic acids is 3. The average molecular weight is 319 g/mol. The summed E-state index contributed by atoms with van der Waals surface area (Å²) in [7, 11) is 3.23. The van der Waals surface area contributed by atoms with E-state index in [1.165, 1.54) is 7.11 Å². The molecule has 1 spiro atoms. The number of piperidine rings is 1. The Labute approximate surface area is 133 Å². The molecule has 1 aromatic rings. The van der Waals surface area contributed by atoms with Gasteiger partial charge in [0.2, 0.25) is 0 Å². The van der Waals surface area contributed by atoms with Gasteiger partial charge in [-0.2, -0.15) is 0 Å². The monoisotopic (exact) mass is 319 g/mol. The maximum absolute atomic E-state index is 12.7. The molecule has 2 heterocycles. The first kappa shape index (κ1) is 15.5. The van der Waals surface area contributed by atoms with Crippen LogP contribution >= 0.6 is 0 Å². The number of Topliss-reactive ketones (excluding diaryl/α,β-unsaturated/α-hetero) is 1. The Balaban J connectivity index is 1.82. The van der Waals surface area contributed by atoms with Crippen LogP contribution in [0.15, 0.2) is 24.3 Å². The van der Waals surface area contributed by atoms with Crippen LogP contribution in [0.5, 0.6) is 5.75 Å². The van der Waals surface area contributed by atoms with Gasteiger partial charge in [-0.15, -0.1) is 0 Å². The first-order chi connectivity index (χ1) is 10.9. The highest BCUT2D eigenvalue weighted by atomic mass is 16.8. The van der Waals surface area contributed by atoms with E-state index in [4.69, 9.17) is 14.2 Å². The Morgan fingerprint density at radius 3 is 2.65 bits per heavy atom. The summed E-state index contributed by atoms with van der Waals surface area (Å²) in [6.07, 6.45) is 0.709. The number of esters is 2. The van der Waals surface area contributed by atoms with Gasteiger partial charge in [-0.25, -0.2) is 14.5 Å². The molecule has 122 valence electrons. The molecule has 2 aliphatic rings. The second-order valence-corrected chi connectivity index (χ2v) is 5.70. The van der Waals surface area contributed by atoms with E-state index in [9.17, 15) is 14.4 Å². The minimum absolute atomic E-state index is 0.0876. The summed E-state index contributed by atoms with van der Waals surface area (Å²) in [5.74, 6) is -3.41. The molecule has 0 saturated carbocycles. The number of likely N-dealkylation sites (tertiary alicyclic amines) is 1. The topological polar surface area (TPSA) is 82.1 Å². The van der Waals surface area contributed by atoms with Crippen molar-refractivity contribution in [2.75, 3.05) is 20.7 Å². The second kappa shape index (κ2) is 5.66. The zero-order chi connectivity index (χ0) is 16.6. The molecule has 23 heavy (non-hydrogen) atoms. The molecular formula is C16H17NO6. The van der Waals surface area contributed by atoms with E-state index in [0.717, 1.165) is 0 Å². The van der Waals surface area contributed by atoms with E-state index in [1.807, 2.05) is 0 Å². The van der Waals surface area contributed by atoms with Crippen LogP contribution in [0, 0.1) is 5.92 Å². The Morgan fingerprint density at radius 1 is 1.30 bits per heavy atom. The number of ketones is 1. The van der Waals surface area contributed by atoms with E-state index < -0.39 is 23.8 Å². The molecule has 0 bridgehead atoms. The molecule has 1 aromatic carbocycles. The van der Waals surface area contributed by atoms with Gasteiger partial charge in [0.25, 0.3) is 0 Å². The number of rotatable bonds is 3. The zero-order valence-electron chi connectivity index (χ0n) is 12.9. The van der Waals surface area contributed by atoms with Gasteiger partial charge in [0, 0.05) is 18.0 Å². The Morgan fingerprint density at radius 2 is 2.00 bits per heavy atom. The Kier molecular flexibility index (Phi) is 3.81. The lowest BCUT2D eigenvalue weighted by atomic mass is 9.87. The van der Waals surface area contributed by atoms with Crippen molar-refractivity contribution in [3.05, 3.63) is 29.8 Å². The van der Waals surface area contributed by atoms with Crippen LogP contribution in [0.2, 0.25) is 0 Å². The van der Waals surface area contributed by atoms with Gasteiger partial charge in [0.1, 0.15) is 5.75 Å². The lowest BCUT2D eigenvalue weighted by molar-refractivity contribution is -0.261. The highest BCUT2D eigenvalue weighted by Crippen LogP contribution is 2.38. The molecule has 0 radical (unpaired) electrons. The van der Waals surface area contributed by atoms with Crippen LogP contribution < -0.4 is 4.74 Å². The minimum atomic E-state index is -1.47. The standard InChI is InChI=1S/C16H17NO6/c1-17-7-6-11(9-16(17)22-14(19)15(20)23-16)13(18)10-4-3-5-12(8-10)21-2/h3-5,8,11H,6-7,9H2,1-2H3. The number of methoxy groups -OCH3 is 1. The molecule has 0 N–H and O–H groups in total. The predicted molar refractivity (Wildman–Crippen MR) is 77.6 cm³/mol. The van der Waals surface area contributed by atoms with Crippen LogP contribution in [0.3, 0.4) is 0 Å². The molecule has 0 amide bonds. The zero-order valence-corrected chi connectivity index (χ0v) is 12.9. The minimum Gasteiger partial charge on any atom is -0.497 e. The smallest absolute Gasteiger partial charge is 0.421 e. The molecule has 2 fully saturated rings. The van der Waals surface area contributed by atoms with Crippen LogP contribution in [-0.4, -0.2) is 49.2 Å². The fourth-order valence-electron chi connectivity index (χ4n) is 2.96. The van der Waals surface area contributed by atoms with Crippen molar-refractivity contribution < 1.29 is 28.6 Å². The first-order valence-electron chi connectivity index (χ1n) is 7.31. The summed E-state index contributed by atoms with van der Waals surface area (Å²) in [5.41, 5.74) is 0.518. The number of carbonyl (C=O) groups is 3. The molecular weight excluding hydrogens is 302 g/mol. The fraction of sp³-hybridized carbons (Fsp3) is 0.438. The molecule has 1 atom stereocenters. The predicted octanol–water partition coefficient (Wildman–Crippen LogP) is 0.973. The first-order valence-corrected chi connectivity index (χ1v) is 7.31. The summed E-state index contributed by atoms with van der Waals surface area (Å²) in [6, 6.07) is 6.88. The van der Waals surface area contributed by atoms with Gasteiger partial charge in [-0.3, -0.25) is 4.79 Å². The quantitative estimate of drug-likeness (QED) is 0.466. The maximum Gasteiger partial charge on any atom is 0.421 e. The number of ether oxygens (including phenoxy) is 3. The highest BCUT2D eigenvalue weighted by molar-refractivity contribution is 6.31. The second-order valence-electron chi connectivity index (χ2n) is 5.70. The van der Waals surface area contributed by atoms with Gasteiger partial charge in [0.15, 0.2) is 5.78 Å². The number of nitrogens with zero attached hydrogens (tertiary/aromatic N) is 1. The van der Waals surface area contributed by atoms with Gasteiger partial charge in [-0.1, -0.05) is 12.1 Å². The van der Waals surface area contributed by atoms with Crippen LogP contribution in [0.4, 0.5) is 0 Å². The van der Waals surface area contributed by atoms with Gasteiger partial charge < -0.3 is 14.2 Å². The molecule has 2 aliphatic heterocycles. The third-order valence-electron chi connectivity index (χ3n) is 4.29. The third kappa shape index (κ3) is 2.68. The SMILES string of the molecule is COc1cccc(C(=O)C2CCN(C)C3(C2)OC(=O)C(=O)O3)c1. The summed E-state index contributed by atoms with van der Waals surface area (Å²) >= 11 is 0. The molecule has 3 rings (SSSR count). The summed E-state index contributed by atoms with van der Waals surface area (Å²) in [6.45, 7) is 0.473. The summed E-state index contributed by atoms with van der Waals surface area (Å²) < 4.78 is 15.4. The molecule has 7 nitrogen and oxygen atoms in total. The number of hydrogen-bond donors (Lipinski definition) is 0. The van der Waals surface area contributed by atoms with Crippen molar-refractivity contribution in [2.24, 2.45) is 5.92 Å². The molecule has 7 heteroatoms. The van der Waals surface area contributed by atoms with Crippen LogP contribution in [0.25, 0.3) is 0 Å². The van der Waals surface area contributed by atoms with Gasteiger partial charge >= 0.3 is 17.8 Å². The number of hydrogen-bond acceptors (Lipinski definition) is 7. The van der Waals surface area contributed by atoms with Crippen molar-refractivity contribution in [3.8, 4) is 5.75 Å². The van der Waals surface area contributed by atoms with E-state index in [1.54, 1.807) is 36.2 Å². The van der Waals surface area contributed by atoms with Crippen molar-refractivity contribution in [2.45, 2.75) is 18.8 Å². The van der Waals surface area contributed by atoms with Crippen molar-refractivity contribution in [1.29, 1.82) is 0 Å². The van der Waals surface area contributed by atoms with Gasteiger partial charge in [0.05, 0.1) is 13.5 Å². The van der Waals surface area contributed by atoms with Crippen molar-refractivity contribution in [3.63, 3.8) is 0 Å². The lowest BCUT2D eigenvalue weighted by Gasteiger charge is -2.40. The molecule has 1 unspecified atom stereocenters. The fourth-order valence-corrected chi connectivity index (χ4v) is 2.96. The number of benzene rings is 1. The Hall–Kier alpha value is -2.41. The van der Waals surface area contributed by atoms with E-state index in [-0.39, 0.29) is 12.2 Å². The van der Waals surface area contributed by atoms with Crippen LogP contribution in [-0.2, 0) is 19.1 Å². The lowest BCUT2D eigenvalue weighted by Crippen LogP contribution is -2.54. The van der Waals surface area contributed by atoms with Crippen molar-refractivity contribution >= 4 is 17.7 Å². The highest BCUT2D eigenvalue weighted by Gasteiger charge is 2.55. The normalized spacial score (nSPS) is 23.5. The largest absolute Gasteiger partial charge is 0.497 e. The van der Waals surface area contributed by atoms with Crippen molar-refractivity contribution in [1.82, 2.24) is 4.90 Å². The summed E-state index contributed by atoms with van der Waals surface area (Å²) in [5, 5.41) is 0. The molecule has 0 aromatic heterocycles. The molecule has 0 aliphatic carbocycles. The third-order valence-corrected chi connectivity index (χ3v) is 4.29.